The lowest BCUT2D eigenvalue weighted by Gasteiger charge is -2.41. The van der Waals surface area contributed by atoms with Crippen molar-refractivity contribution < 1.29 is 5.11 Å². The fraction of sp³-hybridized carbons (Fsp3) is 0.583. The van der Waals surface area contributed by atoms with Gasteiger partial charge in [0.1, 0.15) is 4.60 Å². The molecule has 15 heavy (non-hydrogen) atoms. The van der Waals surface area contributed by atoms with E-state index < -0.39 is 0 Å². The van der Waals surface area contributed by atoms with Crippen molar-refractivity contribution in [2.45, 2.75) is 33.1 Å². The first kappa shape index (κ1) is 12.7. The topological polar surface area (TPSA) is 33.1 Å². The maximum Gasteiger partial charge on any atom is 0.106 e. The Labute approximate surface area is 99.9 Å². The molecule has 2 nitrogen and oxygen atoms in total. The Morgan fingerprint density at radius 3 is 2.33 bits per heavy atom. The predicted octanol–water partition coefficient (Wildman–Crippen LogP) is 3.14. The van der Waals surface area contributed by atoms with Gasteiger partial charge in [-0.2, -0.15) is 0 Å². The molecule has 1 aromatic rings. The summed E-state index contributed by atoms with van der Waals surface area (Å²) in [6, 6.07) is 3.94. The van der Waals surface area contributed by atoms with Crippen LogP contribution in [-0.4, -0.2) is 16.7 Å². The third-order valence-electron chi connectivity index (χ3n) is 3.34. The van der Waals surface area contributed by atoms with E-state index in [2.05, 4.69) is 48.6 Å². The van der Waals surface area contributed by atoms with Crippen molar-refractivity contribution in [1.82, 2.24) is 4.98 Å². The molecule has 0 aliphatic rings. The zero-order valence-corrected chi connectivity index (χ0v) is 11.3. The summed E-state index contributed by atoms with van der Waals surface area (Å²) in [6.07, 6.45) is 1.76. The number of halogens is 1. The van der Waals surface area contributed by atoms with E-state index >= 15 is 0 Å². The summed E-state index contributed by atoms with van der Waals surface area (Å²) < 4.78 is 0.809. The number of pyridine rings is 1. The molecular weight excluding hydrogens is 254 g/mol. The van der Waals surface area contributed by atoms with Gasteiger partial charge in [-0.1, -0.05) is 27.7 Å². The lowest BCUT2D eigenvalue weighted by atomic mass is 9.65. The van der Waals surface area contributed by atoms with Gasteiger partial charge in [0, 0.05) is 11.6 Å². The molecule has 1 heterocycles. The Kier molecular flexibility index (Phi) is 3.56. The number of aliphatic hydroxyl groups is 1. The highest BCUT2D eigenvalue weighted by atomic mass is 79.9. The number of aliphatic hydroxyl groups excluding tert-OH is 1. The zero-order chi connectivity index (χ0) is 11.7. The maximum atomic E-state index is 9.63. The van der Waals surface area contributed by atoms with Crippen molar-refractivity contribution in [3.8, 4) is 0 Å². The van der Waals surface area contributed by atoms with Crippen molar-refractivity contribution in [2.24, 2.45) is 5.41 Å². The highest BCUT2D eigenvalue weighted by molar-refractivity contribution is 9.10. The average Bonchev–Trinajstić information content (AvgIpc) is 2.14. The molecular formula is C12H18BrNO. The van der Waals surface area contributed by atoms with Crippen LogP contribution < -0.4 is 0 Å². The summed E-state index contributed by atoms with van der Waals surface area (Å²) in [5, 5.41) is 9.63. The third kappa shape index (κ3) is 2.40. The number of aromatic nitrogens is 1. The second-order valence-electron chi connectivity index (χ2n) is 5.11. The van der Waals surface area contributed by atoms with E-state index in [1.807, 2.05) is 12.1 Å². The van der Waals surface area contributed by atoms with Gasteiger partial charge in [0.2, 0.25) is 0 Å². The molecule has 84 valence electrons. The van der Waals surface area contributed by atoms with Crippen molar-refractivity contribution in [3.63, 3.8) is 0 Å². The lowest BCUT2D eigenvalue weighted by Crippen LogP contribution is -2.40. The summed E-state index contributed by atoms with van der Waals surface area (Å²) in [4.78, 5) is 4.10. The summed E-state index contributed by atoms with van der Waals surface area (Å²) >= 11 is 3.36. The molecule has 3 heteroatoms. The van der Waals surface area contributed by atoms with Crippen LogP contribution in [0.5, 0.6) is 0 Å². The Morgan fingerprint density at radius 1 is 1.33 bits per heavy atom. The first-order valence-corrected chi connectivity index (χ1v) is 5.83. The Bertz CT molecular complexity index is 346. The monoisotopic (exact) mass is 271 g/mol. The molecule has 0 saturated carbocycles. The SMILES string of the molecule is CC(C)(C)C(C)(CO)c1ccnc(Br)c1. The largest absolute Gasteiger partial charge is 0.395 e. The third-order valence-corrected chi connectivity index (χ3v) is 3.77. The number of rotatable bonds is 2. The second kappa shape index (κ2) is 4.22. The minimum atomic E-state index is -0.252. The van der Waals surface area contributed by atoms with Gasteiger partial charge in [0.05, 0.1) is 6.61 Å². The molecule has 0 radical (unpaired) electrons. The molecule has 1 rings (SSSR count). The minimum absolute atomic E-state index is 0.00252. The molecule has 1 N–H and O–H groups in total. The highest BCUT2D eigenvalue weighted by Crippen LogP contribution is 2.41. The van der Waals surface area contributed by atoms with Gasteiger partial charge in [0.25, 0.3) is 0 Å². The number of hydrogen-bond acceptors (Lipinski definition) is 2. The van der Waals surface area contributed by atoms with Gasteiger partial charge in [0.15, 0.2) is 0 Å². The minimum Gasteiger partial charge on any atom is -0.395 e. The van der Waals surface area contributed by atoms with Crippen LogP contribution in [0, 0.1) is 5.41 Å². The van der Waals surface area contributed by atoms with Crippen LogP contribution in [0.25, 0.3) is 0 Å². The number of hydrogen-bond donors (Lipinski definition) is 1. The van der Waals surface area contributed by atoms with Crippen molar-refractivity contribution in [3.05, 3.63) is 28.5 Å². The molecule has 0 fully saturated rings. The Hall–Kier alpha value is -0.410. The van der Waals surface area contributed by atoms with Crippen LogP contribution in [0.2, 0.25) is 0 Å². The summed E-state index contributed by atoms with van der Waals surface area (Å²) in [6.45, 7) is 8.62. The van der Waals surface area contributed by atoms with Crippen LogP contribution in [0.3, 0.4) is 0 Å². The van der Waals surface area contributed by atoms with E-state index in [1.54, 1.807) is 6.20 Å². The van der Waals surface area contributed by atoms with Crippen LogP contribution >= 0.6 is 15.9 Å². The molecule has 1 atom stereocenters. The molecule has 1 unspecified atom stereocenters. The van der Waals surface area contributed by atoms with Crippen LogP contribution in [0.4, 0.5) is 0 Å². The molecule has 0 spiro atoms. The van der Waals surface area contributed by atoms with Gasteiger partial charge in [-0.05, 0) is 39.0 Å². The van der Waals surface area contributed by atoms with E-state index in [-0.39, 0.29) is 17.4 Å². The van der Waals surface area contributed by atoms with E-state index in [0.717, 1.165) is 10.2 Å². The molecule has 1 aromatic heterocycles. The van der Waals surface area contributed by atoms with Gasteiger partial charge in [-0.15, -0.1) is 0 Å². The first-order valence-electron chi connectivity index (χ1n) is 5.04. The molecule has 0 bridgehead atoms. The van der Waals surface area contributed by atoms with Gasteiger partial charge >= 0.3 is 0 Å². The normalized spacial score (nSPS) is 16.1. The van der Waals surface area contributed by atoms with Crippen molar-refractivity contribution in [2.75, 3.05) is 6.61 Å². The summed E-state index contributed by atoms with van der Waals surface area (Å²) in [5.74, 6) is 0. The fourth-order valence-electron chi connectivity index (χ4n) is 1.51. The first-order chi connectivity index (χ1) is 6.81. The number of nitrogens with zero attached hydrogens (tertiary/aromatic N) is 1. The maximum absolute atomic E-state index is 9.63. The molecule has 0 amide bonds. The van der Waals surface area contributed by atoms with E-state index in [1.165, 1.54) is 0 Å². The van der Waals surface area contributed by atoms with Crippen LogP contribution in [0.15, 0.2) is 22.9 Å². The van der Waals surface area contributed by atoms with Gasteiger partial charge in [-0.3, -0.25) is 0 Å². The van der Waals surface area contributed by atoms with Crippen LogP contribution in [0.1, 0.15) is 33.3 Å². The van der Waals surface area contributed by atoms with Crippen LogP contribution in [-0.2, 0) is 5.41 Å². The fourth-order valence-corrected chi connectivity index (χ4v) is 1.87. The summed E-state index contributed by atoms with van der Waals surface area (Å²) in [7, 11) is 0. The van der Waals surface area contributed by atoms with Gasteiger partial charge < -0.3 is 5.11 Å². The smallest absolute Gasteiger partial charge is 0.106 e. The zero-order valence-electron chi connectivity index (χ0n) is 9.71. The molecule has 0 aliphatic heterocycles. The lowest BCUT2D eigenvalue weighted by molar-refractivity contribution is 0.104. The molecule has 0 aromatic carbocycles. The Morgan fingerprint density at radius 2 is 1.93 bits per heavy atom. The standard InChI is InChI=1S/C12H18BrNO/c1-11(2,3)12(4,8-15)9-5-6-14-10(13)7-9/h5-7,15H,8H2,1-4H3. The summed E-state index contributed by atoms with van der Waals surface area (Å²) in [5.41, 5.74) is 0.862. The predicted molar refractivity (Wildman–Crippen MR) is 65.8 cm³/mol. The van der Waals surface area contributed by atoms with Crippen molar-refractivity contribution in [1.29, 1.82) is 0 Å². The highest BCUT2D eigenvalue weighted by Gasteiger charge is 2.38. The quantitative estimate of drug-likeness (QED) is 0.839. The second-order valence-corrected chi connectivity index (χ2v) is 5.92. The van der Waals surface area contributed by atoms with E-state index in [4.69, 9.17) is 0 Å². The molecule has 0 saturated heterocycles. The van der Waals surface area contributed by atoms with E-state index in [0.29, 0.717) is 0 Å². The average molecular weight is 272 g/mol. The van der Waals surface area contributed by atoms with Gasteiger partial charge in [-0.25, -0.2) is 4.98 Å². The Balaban J connectivity index is 3.23. The van der Waals surface area contributed by atoms with E-state index in [9.17, 15) is 5.11 Å². The molecule has 0 aliphatic carbocycles. The van der Waals surface area contributed by atoms with Crippen molar-refractivity contribution >= 4 is 15.9 Å².